The molecule has 1 aromatic heterocycles. The minimum absolute atomic E-state index is 0.0450. The lowest BCUT2D eigenvalue weighted by Gasteiger charge is -2.33. The summed E-state index contributed by atoms with van der Waals surface area (Å²) in [6.07, 6.45) is 5.65. The first kappa shape index (κ1) is 14.5. The Morgan fingerprint density at radius 2 is 2.12 bits per heavy atom. The van der Waals surface area contributed by atoms with Crippen LogP contribution in [0, 0.1) is 17.7 Å². The third-order valence-corrected chi connectivity index (χ3v) is 6.28. The fraction of sp³-hybridized carbons (Fsp3) is 0.526. The van der Waals surface area contributed by atoms with E-state index in [0.717, 1.165) is 25.2 Å². The average molecular weight is 327 g/mol. The molecule has 2 aromatic rings. The van der Waals surface area contributed by atoms with Crippen LogP contribution in [0.4, 0.5) is 4.39 Å². The number of benzene rings is 1. The number of aromatic nitrogens is 1. The van der Waals surface area contributed by atoms with Crippen LogP contribution in [0.1, 0.15) is 29.6 Å². The molecule has 4 nitrogen and oxygen atoms in total. The van der Waals surface area contributed by atoms with Gasteiger partial charge in [0.05, 0.1) is 5.56 Å². The van der Waals surface area contributed by atoms with Crippen LogP contribution in [-0.4, -0.2) is 52.9 Å². The highest BCUT2D eigenvalue weighted by Crippen LogP contribution is 2.40. The Hall–Kier alpha value is -1.88. The molecule has 3 aliphatic rings. The molecular weight excluding hydrogens is 305 g/mol. The Labute approximate surface area is 140 Å². The highest BCUT2D eigenvalue weighted by Gasteiger charge is 2.48. The van der Waals surface area contributed by atoms with Crippen LogP contribution >= 0.6 is 0 Å². The van der Waals surface area contributed by atoms with Crippen molar-refractivity contribution in [1.29, 1.82) is 0 Å². The summed E-state index contributed by atoms with van der Waals surface area (Å²) >= 11 is 0. The second kappa shape index (κ2) is 5.31. The minimum Gasteiger partial charge on any atom is -0.360 e. The minimum atomic E-state index is -0.299. The van der Waals surface area contributed by atoms with Crippen LogP contribution in [0.3, 0.4) is 0 Å². The maximum Gasteiger partial charge on any atom is 0.256 e. The van der Waals surface area contributed by atoms with Crippen LogP contribution in [0.15, 0.2) is 24.4 Å². The molecule has 5 rings (SSSR count). The molecule has 3 fully saturated rings. The third-order valence-electron chi connectivity index (χ3n) is 6.28. The van der Waals surface area contributed by atoms with Gasteiger partial charge in [0.2, 0.25) is 0 Å². The van der Waals surface area contributed by atoms with Crippen molar-refractivity contribution >= 4 is 16.8 Å². The van der Waals surface area contributed by atoms with Crippen LogP contribution in [0.2, 0.25) is 0 Å². The smallest absolute Gasteiger partial charge is 0.256 e. The number of H-pyrrole nitrogens is 1. The molecule has 3 aliphatic heterocycles. The monoisotopic (exact) mass is 327 g/mol. The number of fused-ring (bicyclic) bond motifs is 4. The molecule has 24 heavy (non-hydrogen) atoms. The van der Waals surface area contributed by atoms with E-state index in [9.17, 15) is 9.18 Å². The maximum absolute atomic E-state index is 13.6. The molecule has 3 saturated heterocycles. The summed E-state index contributed by atoms with van der Waals surface area (Å²) in [5.41, 5.74) is 1.42. The standard InChI is InChI=1S/C19H22FN3O/c20-13-4-5-17-14(7-13)15(8-21-17)19(24)23-10-12-9-22-6-2-1-3-18(22)16(12)11-23/h4-5,7-8,12,16,18,21H,1-3,6,9-11H2/t12-,16-,18-/m0/s1. The van der Waals surface area contributed by atoms with E-state index in [1.54, 1.807) is 12.3 Å². The van der Waals surface area contributed by atoms with Crippen molar-refractivity contribution in [3.63, 3.8) is 0 Å². The molecule has 0 saturated carbocycles. The molecule has 5 heteroatoms. The summed E-state index contributed by atoms with van der Waals surface area (Å²) in [6, 6.07) is 5.24. The molecule has 0 unspecified atom stereocenters. The summed E-state index contributed by atoms with van der Waals surface area (Å²) in [4.78, 5) is 20.7. The highest BCUT2D eigenvalue weighted by atomic mass is 19.1. The SMILES string of the molecule is O=C(c1c[nH]c2ccc(F)cc12)N1C[C@@H]2CN3CCCC[C@H]3[C@H]2C1. The number of carbonyl (C=O) groups is 1. The van der Waals surface area contributed by atoms with Crippen molar-refractivity contribution in [3.8, 4) is 0 Å². The molecule has 0 aliphatic carbocycles. The van der Waals surface area contributed by atoms with Crippen LogP contribution in [0.5, 0.6) is 0 Å². The Balaban J connectivity index is 1.40. The van der Waals surface area contributed by atoms with Gasteiger partial charge in [-0.15, -0.1) is 0 Å². The normalized spacial score (nSPS) is 29.9. The molecule has 0 spiro atoms. The predicted molar refractivity (Wildman–Crippen MR) is 90.4 cm³/mol. The van der Waals surface area contributed by atoms with E-state index in [1.165, 1.54) is 37.9 Å². The van der Waals surface area contributed by atoms with E-state index in [2.05, 4.69) is 9.88 Å². The first-order chi connectivity index (χ1) is 11.7. The number of nitrogens with zero attached hydrogens (tertiary/aromatic N) is 2. The summed E-state index contributed by atoms with van der Waals surface area (Å²) in [5.74, 6) is 0.978. The van der Waals surface area contributed by atoms with Gasteiger partial charge in [-0.2, -0.15) is 0 Å². The largest absolute Gasteiger partial charge is 0.360 e. The van der Waals surface area contributed by atoms with Crippen molar-refractivity contribution < 1.29 is 9.18 Å². The summed E-state index contributed by atoms with van der Waals surface area (Å²) in [6.45, 7) is 4.07. The molecule has 4 heterocycles. The number of amides is 1. The van der Waals surface area contributed by atoms with Gasteiger partial charge in [-0.3, -0.25) is 9.69 Å². The molecule has 1 aromatic carbocycles. The Bertz CT molecular complexity index is 801. The van der Waals surface area contributed by atoms with Gasteiger partial charge in [-0.25, -0.2) is 4.39 Å². The van der Waals surface area contributed by atoms with Crippen molar-refractivity contribution in [1.82, 2.24) is 14.8 Å². The lowest BCUT2D eigenvalue weighted by molar-refractivity contribution is 0.0755. The molecule has 1 amide bonds. The average Bonchev–Trinajstić information content (AvgIpc) is 3.25. The van der Waals surface area contributed by atoms with Crippen LogP contribution < -0.4 is 0 Å². The van der Waals surface area contributed by atoms with Gasteiger partial charge in [-0.05, 0) is 49.4 Å². The first-order valence-corrected chi connectivity index (χ1v) is 9.00. The quantitative estimate of drug-likeness (QED) is 0.875. The van der Waals surface area contributed by atoms with E-state index in [-0.39, 0.29) is 11.7 Å². The van der Waals surface area contributed by atoms with Gasteiger partial charge < -0.3 is 9.88 Å². The molecule has 126 valence electrons. The summed E-state index contributed by atoms with van der Waals surface area (Å²) < 4.78 is 13.6. The lowest BCUT2D eigenvalue weighted by Crippen LogP contribution is -2.40. The fourth-order valence-corrected chi connectivity index (χ4v) is 5.16. The number of piperidine rings is 1. The highest BCUT2D eigenvalue weighted by molar-refractivity contribution is 6.06. The lowest BCUT2D eigenvalue weighted by atomic mass is 9.90. The van der Waals surface area contributed by atoms with Gasteiger partial charge in [0.1, 0.15) is 5.82 Å². The van der Waals surface area contributed by atoms with Crippen molar-refractivity contribution in [2.45, 2.75) is 25.3 Å². The van der Waals surface area contributed by atoms with Gasteiger partial charge in [0.15, 0.2) is 0 Å². The first-order valence-electron chi connectivity index (χ1n) is 9.00. The van der Waals surface area contributed by atoms with Crippen LogP contribution in [-0.2, 0) is 0 Å². The molecular formula is C19H22FN3O. The zero-order valence-corrected chi connectivity index (χ0v) is 13.7. The van der Waals surface area contributed by atoms with E-state index in [4.69, 9.17) is 0 Å². The Morgan fingerprint density at radius 1 is 1.21 bits per heavy atom. The van der Waals surface area contributed by atoms with E-state index < -0.39 is 0 Å². The van der Waals surface area contributed by atoms with Gasteiger partial charge >= 0.3 is 0 Å². The second-order valence-electron chi connectivity index (χ2n) is 7.58. The number of likely N-dealkylation sites (tertiary alicyclic amines) is 1. The summed E-state index contributed by atoms with van der Waals surface area (Å²) in [7, 11) is 0. The van der Waals surface area contributed by atoms with E-state index >= 15 is 0 Å². The zero-order chi connectivity index (χ0) is 16.3. The molecule has 3 atom stereocenters. The second-order valence-corrected chi connectivity index (χ2v) is 7.58. The number of hydrogen-bond donors (Lipinski definition) is 1. The van der Waals surface area contributed by atoms with E-state index in [0.29, 0.717) is 28.8 Å². The number of rotatable bonds is 1. The summed E-state index contributed by atoms with van der Waals surface area (Å²) in [5, 5.41) is 0.691. The molecule has 0 bridgehead atoms. The number of nitrogens with one attached hydrogen (secondary N) is 1. The third kappa shape index (κ3) is 2.10. The zero-order valence-electron chi connectivity index (χ0n) is 13.7. The van der Waals surface area contributed by atoms with Gasteiger partial charge in [-0.1, -0.05) is 6.42 Å². The van der Waals surface area contributed by atoms with Gasteiger partial charge in [0, 0.05) is 42.8 Å². The van der Waals surface area contributed by atoms with E-state index in [1.807, 2.05) is 4.90 Å². The molecule has 0 radical (unpaired) electrons. The number of carbonyl (C=O) groups excluding carboxylic acids is 1. The van der Waals surface area contributed by atoms with Crippen molar-refractivity contribution in [2.75, 3.05) is 26.2 Å². The molecule has 1 N–H and O–H groups in total. The van der Waals surface area contributed by atoms with Crippen molar-refractivity contribution in [3.05, 3.63) is 35.8 Å². The topological polar surface area (TPSA) is 39.3 Å². The number of hydrogen-bond acceptors (Lipinski definition) is 2. The predicted octanol–water partition coefficient (Wildman–Crippen LogP) is 2.86. The maximum atomic E-state index is 13.6. The number of halogens is 1. The van der Waals surface area contributed by atoms with Crippen molar-refractivity contribution in [2.24, 2.45) is 11.8 Å². The Kier molecular flexibility index (Phi) is 3.20. The van der Waals surface area contributed by atoms with Gasteiger partial charge in [0.25, 0.3) is 5.91 Å². The fourth-order valence-electron chi connectivity index (χ4n) is 5.16. The van der Waals surface area contributed by atoms with Crippen LogP contribution in [0.25, 0.3) is 10.9 Å². The Morgan fingerprint density at radius 3 is 3.04 bits per heavy atom. The number of aromatic amines is 1.